The fourth-order valence-electron chi connectivity index (χ4n) is 6.70. The van der Waals surface area contributed by atoms with E-state index >= 15 is 0 Å². The largest absolute Gasteiger partial charge is 0.331 e. The maximum absolute atomic E-state index is 14.5. The van der Waals surface area contributed by atoms with Gasteiger partial charge in [-0.05, 0) is 92.1 Å². The molecule has 0 aliphatic rings. The number of nitrogens with zero attached hydrogens (tertiary/aromatic N) is 2. The Morgan fingerprint density at radius 1 is 0.745 bits per heavy atom. The van der Waals surface area contributed by atoms with Crippen LogP contribution in [0.2, 0.25) is 0 Å². The Balaban J connectivity index is 1.65. The number of rotatable bonds is 8. The summed E-state index contributed by atoms with van der Waals surface area (Å²) in [6.45, 7) is 13.2. The molecule has 0 saturated carbocycles. The maximum Gasteiger partial charge on any atom is 0.331 e. The number of fused-ring (bicyclic) bond motifs is 5. The topological polar surface area (TPSA) is 77.7 Å². The average Bonchev–Trinajstić information content (AvgIpc) is 3.36. The molecule has 0 aliphatic heterocycles. The number of hydrogen-bond acceptors (Lipinski definition) is 5. The Labute approximate surface area is 274 Å². The first-order chi connectivity index (χ1) is 22.4. The molecule has 47 heavy (non-hydrogen) atoms. The van der Waals surface area contributed by atoms with Gasteiger partial charge in [0.05, 0.1) is 16.7 Å². The molecule has 0 aliphatic carbocycles. The highest BCUT2D eigenvalue weighted by atomic mass is 16.7. The molecule has 0 saturated heterocycles. The van der Waals surface area contributed by atoms with Crippen molar-refractivity contribution in [3.63, 3.8) is 0 Å². The predicted molar refractivity (Wildman–Crippen MR) is 190 cm³/mol. The third-order valence-corrected chi connectivity index (χ3v) is 8.69. The van der Waals surface area contributed by atoms with Gasteiger partial charge in [0, 0.05) is 51.9 Å². The van der Waals surface area contributed by atoms with Crippen LogP contribution in [0.25, 0.3) is 38.3 Å². The van der Waals surface area contributed by atoms with Gasteiger partial charge in [0.25, 0.3) is 0 Å². The molecule has 6 rings (SSSR count). The van der Waals surface area contributed by atoms with Crippen LogP contribution in [-0.2, 0) is 9.63 Å². The molecule has 5 aromatic carbocycles. The standard InChI is InChI=1S/C41H38N2O4/c1-23(2)18-38(45)30-14-17-37-34(21-30)35-22-36(41(46)39-25(4)19-24(3)20-26(39)5)32-10-8-9-11-33(32)40(35)43(37)31-15-12-29(13-16-31)27(6)42-47-28(7)44/h8-17,19-23H,18H2,1-7H3. The zero-order chi connectivity index (χ0) is 33.6. The van der Waals surface area contributed by atoms with E-state index in [-0.39, 0.29) is 17.5 Å². The van der Waals surface area contributed by atoms with Crippen molar-refractivity contribution in [1.82, 2.24) is 4.57 Å². The lowest BCUT2D eigenvalue weighted by atomic mass is 9.89. The molecular formula is C41H38N2O4. The Hall–Kier alpha value is -5.36. The molecular weight excluding hydrogens is 584 g/mol. The quantitative estimate of drug-likeness (QED) is 0.0733. The van der Waals surface area contributed by atoms with Crippen LogP contribution in [-0.4, -0.2) is 27.8 Å². The second-order valence-electron chi connectivity index (χ2n) is 12.9. The first-order valence-corrected chi connectivity index (χ1v) is 15.9. The summed E-state index contributed by atoms with van der Waals surface area (Å²) in [6, 6.07) is 28.0. The highest BCUT2D eigenvalue weighted by Gasteiger charge is 2.23. The van der Waals surface area contributed by atoms with Crippen molar-refractivity contribution in [2.24, 2.45) is 11.1 Å². The molecule has 6 heteroatoms. The monoisotopic (exact) mass is 622 g/mol. The molecule has 1 aromatic heterocycles. The van der Waals surface area contributed by atoms with Crippen LogP contribution in [0, 0.1) is 26.7 Å². The number of Topliss-reactive ketones (excluding diaryl/α,β-unsaturated/α-hetero) is 1. The van der Waals surface area contributed by atoms with Crippen molar-refractivity contribution in [2.45, 2.75) is 54.9 Å². The second-order valence-corrected chi connectivity index (χ2v) is 12.9. The van der Waals surface area contributed by atoms with Crippen LogP contribution in [0.1, 0.15) is 82.6 Å². The van der Waals surface area contributed by atoms with Crippen LogP contribution in [0.15, 0.2) is 90.1 Å². The van der Waals surface area contributed by atoms with Crippen molar-refractivity contribution in [1.29, 1.82) is 0 Å². The number of hydrogen-bond donors (Lipinski definition) is 0. The molecule has 6 nitrogen and oxygen atoms in total. The summed E-state index contributed by atoms with van der Waals surface area (Å²) in [5.41, 5.74) is 9.23. The number of carbonyl (C=O) groups is 3. The summed E-state index contributed by atoms with van der Waals surface area (Å²) in [4.78, 5) is 43.9. The number of benzene rings is 5. The van der Waals surface area contributed by atoms with E-state index in [9.17, 15) is 14.4 Å². The van der Waals surface area contributed by atoms with Gasteiger partial charge in [-0.2, -0.15) is 0 Å². The van der Waals surface area contributed by atoms with Gasteiger partial charge in [0.1, 0.15) is 0 Å². The molecule has 6 aromatic rings. The number of carbonyl (C=O) groups excluding carboxylic acids is 3. The molecule has 0 unspecified atom stereocenters. The van der Waals surface area contributed by atoms with E-state index in [1.54, 1.807) is 6.92 Å². The number of aryl methyl sites for hydroxylation is 3. The lowest BCUT2D eigenvalue weighted by molar-refractivity contribution is -0.140. The van der Waals surface area contributed by atoms with Gasteiger partial charge >= 0.3 is 5.97 Å². The Morgan fingerprint density at radius 2 is 1.38 bits per heavy atom. The molecule has 0 spiro atoms. The minimum atomic E-state index is -0.477. The van der Waals surface area contributed by atoms with Crippen LogP contribution in [0.5, 0.6) is 0 Å². The van der Waals surface area contributed by atoms with Gasteiger partial charge in [0.2, 0.25) is 0 Å². The average molecular weight is 623 g/mol. The minimum Gasteiger partial charge on any atom is -0.318 e. The fourth-order valence-corrected chi connectivity index (χ4v) is 6.70. The van der Waals surface area contributed by atoms with E-state index in [1.807, 2.05) is 101 Å². The van der Waals surface area contributed by atoms with E-state index in [4.69, 9.17) is 4.84 Å². The highest BCUT2D eigenvalue weighted by Crippen LogP contribution is 2.40. The molecule has 1 heterocycles. The van der Waals surface area contributed by atoms with Crippen molar-refractivity contribution in [2.75, 3.05) is 0 Å². The molecule has 0 N–H and O–H groups in total. The lowest BCUT2D eigenvalue weighted by Gasteiger charge is -2.15. The first kappa shape index (κ1) is 31.6. The molecule has 0 atom stereocenters. The summed E-state index contributed by atoms with van der Waals surface area (Å²) < 4.78 is 2.20. The Bertz CT molecular complexity index is 2250. The van der Waals surface area contributed by atoms with Gasteiger partial charge < -0.3 is 9.40 Å². The van der Waals surface area contributed by atoms with Crippen LogP contribution in [0.4, 0.5) is 0 Å². The first-order valence-electron chi connectivity index (χ1n) is 15.9. The maximum atomic E-state index is 14.5. The van der Waals surface area contributed by atoms with E-state index in [1.165, 1.54) is 6.92 Å². The number of oxime groups is 1. The van der Waals surface area contributed by atoms with Gasteiger partial charge in [-0.1, -0.05) is 73.1 Å². The predicted octanol–water partition coefficient (Wildman–Crippen LogP) is 9.61. The van der Waals surface area contributed by atoms with Crippen LogP contribution < -0.4 is 0 Å². The van der Waals surface area contributed by atoms with Crippen molar-refractivity contribution >= 4 is 55.8 Å². The highest BCUT2D eigenvalue weighted by molar-refractivity contribution is 6.27. The van der Waals surface area contributed by atoms with Crippen molar-refractivity contribution in [3.8, 4) is 5.69 Å². The molecule has 0 amide bonds. The zero-order valence-corrected chi connectivity index (χ0v) is 27.9. The summed E-state index contributed by atoms with van der Waals surface area (Å²) in [5, 5.41) is 7.56. The molecule has 236 valence electrons. The Kier molecular flexibility index (Phi) is 8.37. The van der Waals surface area contributed by atoms with Gasteiger partial charge in [-0.3, -0.25) is 9.59 Å². The number of aromatic nitrogens is 1. The second kappa shape index (κ2) is 12.4. The molecule has 0 radical (unpaired) electrons. The van der Waals surface area contributed by atoms with Crippen molar-refractivity contribution in [3.05, 3.63) is 124 Å². The van der Waals surface area contributed by atoms with E-state index in [0.29, 0.717) is 23.3 Å². The van der Waals surface area contributed by atoms with Crippen LogP contribution >= 0.6 is 0 Å². The van der Waals surface area contributed by atoms with Gasteiger partial charge in [-0.15, -0.1) is 0 Å². The SMILES string of the molecule is CC(=O)ON=C(C)c1ccc(-n2c3ccc(C(=O)CC(C)C)cc3c3cc(C(=O)c4c(C)cc(C)cc4C)c4ccccc4c32)cc1. The summed E-state index contributed by atoms with van der Waals surface area (Å²) in [5.74, 6) is -0.161. The van der Waals surface area contributed by atoms with Gasteiger partial charge in [0.15, 0.2) is 11.6 Å². The fraction of sp³-hybridized carbons (Fsp3) is 0.220. The minimum absolute atomic E-state index is 0.0158. The van der Waals surface area contributed by atoms with E-state index < -0.39 is 5.97 Å². The van der Waals surface area contributed by atoms with Crippen LogP contribution in [0.3, 0.4) is 0 Å². The third kappa shape index (κ3) is 5.87. The van der Waals surface area contributed by atoms with E-state index in [2.05, 4.69) is 27.9 Å². The zero-order valence-electron chi connectivity index (χ0n) is 27.9. The molecule has 0 bridgehead atoms. The van der Waals surface area contributed by atoms with E-state index in [0.717, 1.165) is 66.1 Å². The summed E-state index contributed by atoms with van der Waals surface area (Å²) in [7, 11) is 0. The summed E-state index contributed by atoms with van der Waals surface area (Å²) in [6.07, 6.45) is 0.457. The summed E-state index contributed by atoms with van der Waals surface area (Å²) >= 11 is 0. The van der Waals surface area contributed by atoms with Gasteiger partial charge in [-0.25, -0.2) is 4.79 Å². The molecule has 0 fully saturated rings. The number of ketones is 2. The third-order valence-electron chi connectivity index (χ3n) is 8.69. The normalized spacial score (nSPS) is 12.0. The Morgan fingerprint density at radius 3 is 2.02 bits per heavy atom. The van der Waals surface area contributed by atoms with Crippen molar-refractivity contribution < 1.29 is 19.2 Å². The lowest BCUT2D eigenvalue weighted by Crippen LogP contribution is -2.08. The smallest absolute Gasteiger partial charge is 0.318 e.